The van der Waals surface area contributed by atoms with Crippen LogP contribution >= 0.6 is 0 Å². The third kappa shape index (κ3) is 9.55. The van der Waals surface area contributed by atoms with E-state index in [1.165, 1.54) is 0 Å². The Labute approximate surface area is 106 Å². The van der Waals surface area contributed by atoms with Crippen LogP contribution in [0.15, 0.2) is 0 Å². The van der Waals surface area contributed by atoms with E-state index in [4.69, 9.17) is 31.9 Å². The lowest BCUT2D eigenvalue weighted by Crippen LogP contribution is -2.32. The molecule has 0 aromatic heterocycles. The standard InChI is InChI=1S/C5H12N4.C5H10O4/c1-9(2)5(8)3-4(6)7;1-2-3(6)4(7)5(8)9/h8H,3H2,1-2H3,(H3,6,7);3-4,6-7H,2H2,1H3,(H,8,9)/t;3-,4+/m.0/s1. The molecule has 0 bridgehead atoms. The number of carboxylic acids is 1. The van der Waals surface area contributed by atoms with Crippen LogP contribution in [0, 0.1) is 10.8 Å². The summed E-state index contributed by atoms with van der Waals surface area (Å²) in [5.74, 6) is -0.986. The number of aliphatic hydroxyl groups excluding tert-OH is 2. The van der Waals surface area contributed by atoms with E-state index in [-0.39, 0.29) is 18.7 Å². The fourth-order valence-electron chi connectivity index (χ4n) is 0.726. The normalized spacial score (nSPS) is 12.7. The Kier molecular flexibility index (Phi) is 9.73. The Hall–Kier alpha value is -1.67. The molecule has 8 nitrogen and oxygen atoms in total. The van der Waals surface area contributed by atoms with Gasteiger partial charge in [-0.05, 0) is 6.42 Å². The van der Waals surface area contributed by atoms with E-state index in [0.29, 0.717) is 5.84 Å². The quantitative estimate of drug-likeness (QED) is 0.277. The first-order valence-corrected chi connectivity index (χ1v) is 5.30. The average Bonchev–Trinajstić information content (AvgIpc) is 2.26. The molecule has 0 saturated carbocycles. The summed E-state index contributed by atoms with van der Waals surface area (Å²) in [7, 11) is 3.51. The number of aliphatic carboxylic acids is 1. The van der Waals surface area contributed by atoms with Crippen LogP contribution in [-0.4, -0.2) is 64.2 Å². The Morgan fingerprint density at radius 2 is 1.78 bits per heavy atom. The molecule has 0 aliphatic heterocycles. The van der Waals surface area contributed by atoms with Gasteiger partial charge in [-0.2, -0.15) is 0 Å². The maximum absolute atomic E-state index is 9.89. The van der Waals surface area contributed by atoms with Crippen molar-refractivity contribution >= 4 is 17.6 Å². The molecule has 0 aliphatic carbocycles. The summed E-state index contributed by atoms with van der Waals surface area (Å²) in [6.07, 6.45) is -2.31. The van der Waals surface area contributed by atoms with Crippen molar-refractivity contribution in [3.63, 3.8) is 0 Å². The predicted octanol–water partition coefficient (Wildman–Crippen LogP) is -0.946. The minimum atomic E-state index is -1.64. The van der Waals surface area contributed by atoms with E-state index >= 15 is 0 Å². The molecule has 0 radical (unpaired) electrons. The molecule has 0 spiro atoms. The third-order valence-electron chi connectivity index (χ3n) is 1.93. The number of hydrogen-bond acceptors (Lipinski definition) is 5. The molecule has 0 aliphatic rings. The van der Waals surface area contributed by atoms with E-state index in [2.05, 4.69) is 0 Å². The van der Waals surface area contributed by atoms with Gasteiger partial charge >= 0.3 is 5.97 Å². The van der Waals surface area contributed by atoms with Gasteiger partial charge in [0, 0.05) is 14.1 Å². The van der Waals surface area contributed by atoms with Crippen molar-refractivity contribution in [2.24, 2.45) is 5.73 Å². The highest BCUT2D eigenvalue weighted by Crippen LogP contribution is 1.96. The summed E-state index contributed by atoms with van der Waals surface area (Å²) >= 11 is 0. The van der Waals surface area contributed by atoms with Crippen molar-refractivity contribution < 1.29 is 20.1 Å². The van der Waals surface area contributed by atoms with Crippen LogP contribution in [0.2, 0.25) is 0 Å². The van der Waals surface area contributed by atoms with Gasteiger partial charge in [0.05, 0.1) is 18.4 Å². The molecule has 0 amide bonds. The van der Waals surface area contributed by atoms with Crippen molar-refractivity contribution in [3.8, 4) is 0 Å². The van der Waals surface area contributed by atoms with Gasteiger partial charge in [0.25, 0.3) is 0 Å². The molecule has 0 unspecified atom stereocenters. The first-order valence-electron chi connectivity index (χ1n) is 5.30. The van der Waals surface area contributed by atoms with E-state index in [0.717, 1.165) is 0 Å². The lowest BCUT2D eigenvalue weighted by molar-refractivity contribution is -0.152. The lowest BCUT2D eigenvalue weighted by Gasteiger charge is -2.11. The molecule has 106 valence electrons. The summed E-state index contributed by atoms with van der Waals surface area (Å²) in [6.45, 7) is 1.59. The van der Waals surface area contributed by atoms with E-state index in [1.54, 1.807) is 25.9 Å². The largest absolute Gasteiger partial charge is 0.479 e. The van der Waals surface area contributed by atoms with Gasteiger partial charge in [-0.15, -0.1) is 0 Å². The highest BCUT2D eigenvalue weighted by molar-refractivity contribution is 5.98. The first kappa shape index (κ1) is 18.7. The number of rotatable bonds is 5. The molecule has 0 fully saturated rings. The SMILES string of the molecule is CC[C@H](O)[C@@H](O)C(=O)O.CN(C)C(=N)CC(=N)N. The Bertz CT molecular complexity index is 294. The van der Waals surface area contributed by atoms with Crippen LogP contribution in [0.4, 0.5) is 0 Å². The molecule has 18 heavy (non-hydrogen) atoms. The number of aliphatic hydroxyl groups is 2. The Morgan fingerprint density at radius 3 is 1.89 bits per heavy atom. The monoisotopic (exact) mass is 262 g/mol. The summed E-state index contributed by atoms with van der Waals surface area (Å²) in [4.78, 5) is 11.5. The molecule has 0 saturated heterocycles. The number of amidine groups is 2. The van der Waals surface area contributed by atoms with Crippen LogP contribution in [0.3, 0.4) is 0 Å². The van der Waals surface area contributed by atoms with Crippen molar-refractivity contribution in [2.75, 3.05) is 14.1 Å². The zero-order chi connectivity index (χ0) is 14.9. The highest BCUT2D eigenvalue weighted by atomic mass is 16.4. The van der Waals surface area contributed by atoms with Gasteiger partial charge < -0.3 is 26.0 Å². The number of carboxylic acid groups (broad SMARTS) is 1. The van der Waals surface area contributed by atoms with Crippen LogP contribution in [0.1, 0.15) is 19.8 Å². The molecular formula is C10H22N4O4. The second kappa shape index (κ2) is 9.37. The van der Waals surface area contributed by atoms with Crippen molar-refractivity contribution in [2.45, 2.75) is 32.0 Å². The summed E-state index contributed by atoms with van der Waals surface area (Å²) in [5.41, 5.74) is 5.05. The lowest BCUT2D eigenvalue weighted by atomic mass is 10.2. The fraction of sp³-hybridized carbons (Fsp3) is 0.700. The number of nitrogens with one attached hydrogen (secondary N) is 2. The predicted molar refractivity (Wildman–Crippen MR) is 67.9 cm³/mol. The summed E-state index contributed by atoms with van der Waals surface area (Å²) in [5, 5.41) is 39.3. The summed E-state index contributed by atoms with van der Waals surface area (Å²) in [6, 6.07) is 0. The maximum atomic E-state index is 9.89. The highest BCUT2D eigenvalue weighted by Gasteiger charge is 2.20. The van der Waals surface area contributed by atoms with E-state index in [1.807, 2.05) is 0 Å². The van der Waals surface area contributed by atoms with Gasteiger partial charge in [0.2, 0.25) is 0 Å². The topological polar surface area (TPSA) is 155 Å². The molecule has 0 aromatic carbocycles. The minimum Gasteiger partial charge on any atom is -0.479 e. The van der Waals surface area contributed by atoms with Gasteiger partial charge in [0.15, 0.2) is 6.10 Å². The third-order valence-corrected chi connectivity index (χ3v) is 1.93. The van der Waals surface area contributed by atoms with Gasteiger partial charge in [-0.3, -0.25) is 10.8 Å². The van der Waals surface area contributed by atoms with Crippen molar-refractivity contribution in [1.82, 2.24) is 4.90 Å². The van der Waals surface area contributed by atoms with Crippen LogP contribution in [0.25, 0.3) is 0 Å². The number of nitrogens with two attached hydrogens (primary N) is 1. The zero-order valence-corrected chi connectivity index (χ0v) is 10.8. The van der Waals surface area contributed by atoms with Crippen LogP contribution < -0.4 is 5.73 Å². The van der Waals surface area contributed by atoms with Crippen LogP contribution in [-0.2, 0) is 4.79 Å². The van der Waals surface area contributed by atoms with Gasteiger partial charge in [0.1, 0.15) is 5.84 Å². The Morgan fingerprint density at radius 1 is 1.33 bits per heavy atom. The van der Waals surface area contributed by atoms with Gasteiger partial charge in [-0.1, -0.05) is 6.92 Å². The second-order valence-corrected chi connectivity index (χ2v) is 3.80. The Balaban J connectivity index is 0. The molecule has 7 N–H and O–H groups in total. The average molecular weight is 262 g/mol. The smallest absolute Gasteiger partial charge is 0.335 e. The van der Waals surface area contributed by atoms with Gasteiger partial charge in [-0.25, -0.2) is 4.79 Å². The van der Waals surface area contributed by atoms with Crippen molar-refractivity contribution in [3.05, 3.63) is 0 Å². The minimum absolute atomic E-state index is 0.0358. The molecule has 0 rings (SSSR count). The molecule has 0 heterocycles. The maximum Gasteiger partial charge on any atom is 0.335 e. The zero-order valence-electron chi connectivity index (χ0n) is 10.8. The molecular weight excluding hydrogens is 240 g/mol. The first-order chi connectivity index (χ1) is 8.13. The molecule has 0 aromatic rings. The van der Waals surface area contributed by atoms with E-state index in [9.17, 15) is 4.79 Å². The van der Waals surface area contributed by atoms with E-state index < -0.39 is 18.2 Å². The molecule has 2 atom stereocenters. The van der Waals surface area contributed by atoms with Crippen LogP contribution in [0.5, 0.6) is 0 Å². The number of hydrogen-bond donors (Lipinski definition) is 6. The number of carbonyl (C=O) groups is 1. The molecule has 8 heteroatoms. The summed E-state index contributed by atoms with van der Waals surface area (Å²) < 4.78 is 0. The van der Waals surface area contributed by atoms with Crippen molar-refractivity contribution in [1.29, 1.82) is 10.8 Å². The second-order valence-electron chi connectivity index (χ2n) is 3.80. The number of nitrogens with zero attached hydrogens (tertiary/aromatic N) is 1. The fourth-order valence-corrected chi connectivity index (χ4v) is 0.726.